The maximum atomic E-state index is 13.1. The van der Waals surface area contributed by atoms with Crippen LogP contribution in [0.2, 0.25) is 0 Å². The number of halogens is 1. The molecule has 4 rings (SSSR count). The molecule has 37 heavy (non-hydrogen) atoms. The topological polar surface area (TPSA) is 166 Å². The molecule has 1 aliphatic heterocycles. The number of hydrogen-bond acceptors (Lipinski definition) is 8. The van der Waals surface area contributed by atoms with Gasteiger partial charge in [0.05, 0.1) is 6.61 Å². The van der Waals surface area contributed by atoms with E-state index in [-0.39, 0.29) is 17.2 Å². The number of carbonyl (C=O) groups excluding carboxylic acids is 2. The Morgan fingerprint density at radius 2 is 1.89 bits per heavy atom. The van der Waals surface area contributed by atoms with Crippen LogP contribution in [0.15, 0.2) is 63.1 Å². The second-order valence-electron chi connectivity index (χ2n) is 7.83. The zero-order valence-electron chi connectivity index (χ0n) is 19.4. The number of aromatic amines is 2. The minimum Gasteiger partial charge on any atom is -0.494 e. The van der Waals surface area contributed by atoms with Crippen LogP contribution in [0, 0.1) is 5.82 Å². The summed E-state index contributed by atoms with van der Waals surface area (Å²) in [4.78, 5) is 58.0. The normalized spacial score (nSPS) is 16.9. The number of amides is 2. The summed E-state index contributed by atoms with van der Waals surface area (Å²) in [5.74, 6) is -1.69. The number of aliphatic imine (C=N–C) groups is 1. The number of nitrogens with one attached hydrogen (secondary N) is 4. The predicted octanol–water partition coefficient (Wildman–Crippen LogP) is 2.01. The highest BCUT2D eigenvalue weighted by molar-refractivity contribution is 8.15. The lowest BCUT2D eigenvalue weighted by molar-refractivity contribution is -0.122. The van der Waals surface area contributed by atoms with Crippen molar-refractivity contribution >= 4 is 34.4 Å². The van der Waals surface area contributed by atoms with Crippen molar-refractivity contribution in [2.75, 3.05) is 11.9 Å². The van der Waals surface area contributed by atoms with Gasteiger partial charge < -0.3 is 20.5 Å². The SMILES string of the molecule is CCOc1ccccc1[C@H](N=C1NC(=O)[C@H](CC(=O)Nc2ccc(F)cc2)S1)c1c(O)[nH]c(=O)[nH]c1=O. The highest BCUT2D eigenvalue weighted by atomic mass is 32.2. The molecule has 0 saturated carbocycles. The van der Waals surface area contributed by atoms with Crippen molar-refractivity contribution in [3.63, 3.8) is 0 Å². The second-order valence-corrected chi connectivity index (χ2v) is 9.02. The van der Waals surface area contributed by atoms with Gasteiger partial charge in [-0.25, -0.2) is 14.2 Å². The number of benzene rings is 2. The van der Waals surface area contributed by atoms with Crippen molar-refractivity contribution in [1.82, 2.24) is 15.3 Å². The average molecular weight is 528 g/mol. The maximum absolute atomic E-state index is 13.1. The van der Waals surface area contributed by atoms with E-state index < -0.39 is 46.1 Å². The highest BCUT2D eigenvalue weighted by Gasteiger charge is 2.34. The van der Waals surface area contributed by atoms with Crippen LogP contribution >= 0.6 is 11.8 Å². The first-order chi connectivity index (χ1) is 17.7. The average Bonchev–Trinajstić information content (AvgIpc) is 3.18. The molecule has 5 N–H and O–H groups in total. The van der Waals surface area contributed by atoms with Gasteiger partial charge in [0, 0.05) is 17.7 Å². The Morgan fingerprint density at radius 1 is 1.16 bits per heavy atom. The predicted molar refractivity (Wildman–Crippen MR) is 135 cm³/mol. The Hall–Kier alpha value is -4.39. The number of hydrogen-bond donors (Lipinski definition) is 5. The van der Waals surface area contributed by atoms with Crippen LogP contribution in [0.5, 0.6) is 11.6 Å². The highest BCUT2D eigenvalue weighted by Crippen LogP contribution is 2.36. The van der Waals surface area contributed by atoms with Crippen LogP contribution in [0.4, 0.5) is 10.1 Å². The molecule has 192 valence electrons. The fourth-order valence-electron chi connectivity index (χ4n) is 3.65. The number of aromatic hydroxyl groups is 1. The third-order valence-corrected chi connectivity index (χ3v) is 6.36. The van der Waals surface area contributed by atoms with Gasteiger partial charge in [-0.3, -0.25) is 24.4 Å². The van der Waals surface area contributed by atoms with Crippen molar-refractivity contribution < 1.29 is 23.8 Å². The van der Waals surface area contributed by atoms with Crippen LogP contribution in [0.1, 0.15) is 30.5 Å². The number of rotatable bonds is 8. The monoisotopic (exact) mass is 527 g/mol. The molecule has 1 fully saturated rings. The summed E-state index contributed by atoms with van der Waals surface area (Å²) in [6.07, 6.45) is -0.197. The van der Waals surface area contributed by atoms with E-state index in [9.17, 15) is 28.7 Å². The molecular formula is C24H22FN5O6S. The van der Waals surface area contributed by atoms with Crippen molar-refractivity contribution in [2.45, 2.75) is 24.6 Å². The van der Waals surface area contributed by atoms with E-state index in [4.69, 9.17) is 4.74 Å². The molecular weight excluding hydrogens is 505 g/mol. The Kier molecular flexibility index (Phi) is 7.72. The molecule has 13 heteroatoms. The van der Waals surface area contributed by atoms with E-state index in [1.165, 1.54) is 24.3 Å². The van der Waals surface area contributed by atoms with Gasteiger partial charge in [0.1, 0.15) is 28.4 Å². The molecule has 1 aromatic heterocycles. The molecule has 3 aromatic rings. The molecule has 0 radical (unpaired) electrons. The van der Waals surface area contributed by atoms with E-state index >= 15 is 0 Å². The Morgan fingerprint density at radius 3 is 2.59 bits per heavy atom. The number of H-pyrrole nitrogens is 2. The summed E-state index contributed by atoms with van der Waals surface area (Å²) in [5.41, 5.74) is -1.24. The Labute approximate surface area is 213 Å². The minimum absolute atomic E-state index is 0.103. The summed E-state index contributed by atoms with van der Waals surface area (Å²) >= 11 is 0.974. The van der Waals surface area contributed by atoms with Gasteiger partial charge in [-0.15, -0.1) is 0 Å². The first kappa shape index (κ1) is 25.7. The molecule has 0 spiro atoms. The number of aromatic nitrogens is 2. The van der Waals surface area contributed by atoms with Crippen LogP contribution in [-0.4, -0.2) is 43.9 Å². The van der Waals surface area contributed by atoms with E-state index in [1.54, 1.807) is 31.2 Å². The lowest BCUT2D eigenvalue weighted by atomic mass is 10.00. The standard InChI is InChI=1S/C24H22FN5O6S/c1-2-36-15-6-4-3-5-14(15)19(18-21(33)28-23(35)29-22(18)34)27-24-30-20(32)16(37-24)11-17(31)26-13-9-7-12(25)8-10-13/h3-10,16,19H,2,11H2,1H3,(H,26,31)(H,27,30,32)(H3,28,29,33,34,35)/t16-,19-/m0/s1. The molecule has 1 saturated heterocycles. The number of thioether (sulfide) groups is 1. The molecule has 2 heterocycles. The Balaban J connectivity index is 1.63. The summed E-state index contributed by atoms with van der Waals surface area (Å²) in [5, 5.41) is 14.9. The summed E-state index contributed by atoms with van der Waals surface area (Å²) < 4.78 is 18.7. The van der Waals surface area contributed by atoms with Gasteiger partial charge in [0.25, 0.3) is 5.56 Å². The van der Waals surface area contributed by atoms with Crippen LogP contribution < -0.4 is 26.6 Å². The van der Waals surface area contributed by atoms with Gasteiger partial charge in [-0.05, 0) is 37.3 Å². The zero-order chi connectivity index (χ0) is 26.5. The number of nitrogens with zero attached hydrogens (tertiary/aromatic N) is 1. The second kappa shape index (κ2) is 11.1. The molecule has 11 nitrogen and oxygen atoms in total. The smallest absolute Gasteiger partial charge is 0.328 e. The van der Waals surface area contributed by atoms with Gasteiger partial charge in [-0.1, -0.05) is 30.0 Å². The van der Waals surface area contributed by atoms with Crippen molar-refractivity contribution in [2.24, 2.45) is 4.99 Å². The molecule has 0 bridgehead atoms. The number of amidine groups is 1. The lowest BCUT2D eigenvalue weighted by Gasteiger charge is -2.18. The Bertz CT molecular complexity index is 1470. The van der Waals surface area contributed by atoms with Gasteiger partial charge in [0.15, 0.2) is 5.17 Å². The van der Waals surface area contributed by atoms with Crippen LogP contribution in [0.3, 0.4) is 0 Å². The molecule has 1 aliphatic rings. The van der Waals surface area contributed by atoms with Gasteiger partial charge >= 0.3 is 5.69 Å². The molecule has 2 atom stereocenters. The minimum atomic E-state index is -1.17. The zero-order valence-corrected chi connectivity index (χ0v) is 20.2. The fraction of sp³-hybridized carbons (Fsp3) is 0.208. The fourth-order valence-corrected chi connectivity index (χ4v) is 4.65. The van der Waals surface area contributed by atoms with Crippen molar-refractivity contribution in [3.8, 4) is 11.6 Å². The van der Waals surface area contributed by atoms with Crippen LogP contribution in [-0.2, 0) is 9.59 Å². The molecule has 0 unspecified atom stereocenters. The van der Waals surface area contributed by atoms with Gasteiger partial charge in [-0.2, -0.15) is 0 Å². The lowest BCUT2D eigenvalue weighted by Crippen LogP contribution is -2.29. The summed E-state index contributed by atoms with van der Waals surface area (Å²) in [6.45, 7) is 2.08. The summed E-state index contributed by atoms with van der Waals surface area (Å²) in [6, 6.07) is 10.7. The van der Waals surface area contributed by atoms with E-state index in [1.807, 2.05) is 0 Å². The van der Waals surface area contributed by atoms with Gasteiger partial charge in [0.2, 0.25) is 17.7 Å². The third kappa shape index (κ3) is 6.06. The van der Waals surface area contributed by atoms with E-state index in [2.05, 4.69) is 25.6 Å². The molecule has 2 amide bonds. The van der Waals surface area contributed by atoms with E-state index in [0.717, 1.165) is 11.8 Å². The van der Waals surface area contributed by atoms with Crippen LogP contribution in [0.25, 0.3) is 0 Å². The quantitative estimate of drug-likeness (QED) is 0.299. The van der Waals surface area contributed by atoms with E-state index in [0.29, 0.717) is 23.6 Å². The number of para-hydroxylation sites is 1. The van der Waals surface area contributed by atoms with Crippen molar-refractivity contribution in [3.05, 3.63) is 86.3 Å². The number of carbonyl (C=O) groups is 2. The van der Waals surface area contributed by atoms with Crippen molar-refractivity contribution in [1.29, 1.82) is 0 Å². The number of ether oxygens (including phenoxy) is 1. The molecule has 0 aliphatic carbocycles. The molecule has 2 aromatic carbocycles. The first-order valence-electron chi connectivity index (χ1n) is 11.1. The largest absolute Gasteiger partial charge is 0.494 e. The third-order valence-electron chi connectivity index (χ3n) is 5.27. The maximum Gasteiger partial charge on any atom is 0.328 e. The first-order valence-corrected chi connectivity index (χ1v) is 12.0. The summed E-state index contributed by atoms with van der Waals surface area (Å²) in [7, 11) is 0. The number of anilines is 1.